The number of aldehydes is 2. The van der Waals surface area contributed by atoms with Gasteiger partial charge in [-0.25, -0.2) is 0 Å². The van der Waals surface area contributed by atoms with Gasteiger partial charge in [0.2, 0.25) is 11.5 Å². The number of aromatic hydroxyl groups is 1. The molecule has 0 aliphatic carbocycles. The predicted octanol–water partition coefficient (Wildman–Crippen LogP) is 2.11. The van der Waals surface area contributed by atoms with Crippen LogP contribution in [-0.2, 0) is 0 Å². The van der Waals surface area contributed by atoms with E-state index in [-0.39, 0.29) is 30.5 Å². The first-order valence-electron chi connectivity index (χ1n) is 8.34. The number of aliphatic hydroxyl groups is 1. The van der Waals surface area contributed by atoms with Gasteiger partial charge in [0.15, 0.2) is 23.0 Å². The number of hydrogen-bond acceptors (Lipinski definition) is 9. The molecule has 9 nitrogen and oxygen atoms in total. The summed E-state index contributed by atoms with van der Waals surface area (Å²) in [5, 5.41) is 18.1. The Morgan fingerprint density at radius 1 is 0.759 bits per heavy atom. The van der Waals surface area contributed by atoms with Crippen LogP contribution in [0.4, 0.5) is 0 Å². The maximum atomic E-state index is 10.7. The number of carbonyl (C=O) groups is 2. The highest BCUT2D eigenvalue weighted by Crippen LogP contribution is 2.38. The molecule has 0 bridgehead atoms. The van der Waals surface area contributed by atoms with Gasteiger partial charge in [-0.1, -0.05) is 0 Å². The standard InChI is InChI=1S/C11H14O5.C9H10O4/c1-14-9-5-8(7-13)6-10(15-2)11(9)16-4-3-12;1-12-7-3-6(5-10)4-8(13-2)9(7)11/h5-7,12H,3-4H2,1-2H3;3-5,11H,1-2H3. The number of hydrogen-bond donors (Lipinski definition) is 2. The van der Waals surface area contributed by atoms with Gasteiger partial charge in [0.1, 0.15) is 19.2 Å². The molecule has 0 saturated heterocycles. The highest BCUT2D eigenvalue weighted by atomic mass is 16.5. The molecular formula is C20H24O9. The van der Waals surface area contributed by atoms with Gasteiger partial charge in [0.05, 0.1) is 35.0 Å². The second-order valence-electron chi connectivity index (χ2n) is 5.34. The van der Waals surface area contributed by atoms with Crippen LogP contribution < -0.4 is 23.7 Å². The third-order valence-electron chi connectivity index (χ3n) is 3.59. The van der Waals surface area contributed by atoms with E-state index in [9.17, 15) is 14.7 Å². The predicted molar refractivity (Wildman–Crippen MR) is 104 cm³/mol. The van der Waals surface area contributed by atoms with Crippen LogP contribution in [0.25, 0.3) is 0 Å². The molecule has 29 heavy (non-hydrogen) atoms. The molecule has 0 heterocycles. The Labute approximate surface area is 168 Å². The molecule has 0 aromatic heterocycles. The molecule has 0 fully saturated rings. The second kappa shape index (κ2) is 12.1. The zero-order valence-corrected chi connectivity index (χ0v) is 16.6. The molecule has 0 aliphatic rings. The van der Waals surface area contributed by atoms with E-state index in [4.69, 9.17) is 28.8 Å². The van der Waals surface area contributed by atoms with Crippen LogP contribution in [0.1, 0.15) is 20.7 Å². The lowest BCUT2D eigenvalue weighted by atomic mass is 10.2. The number of methoxy groups -OCH3 is 4. The molecule has 2 rings (SSSR count). The van der Waals surface area contributed by atoms with Gasteiger partial charge in [-0.3, -0.25) is 9.59 Å². The summed E-state index contributed by atoms with van der Waals surface area (Å²) in [6.07, 6.45) is 1.35. The largest absolute Gasteiger partial charge is 0.502 e. The van der Waals surface area contributed by atoms with E-state index in [1.165, 1.54) is 40.6 Å². The van der Waals surface area contributed by atoms with Gasteiger partial charge in [-0.2, -0.15) is 0 Å². The third kappa shape index (κ3) is 6.28. The SMILES string of the molecule is COc1cc(C=O)cc(OC)c1O.COc1cc(C=O)cc(OC)c1OCCO. The first kappa shape index (κ1) is 23.6. The quantitative estimate of drug-likeness (QED) is 0.601. The Kier molecular flexibility index (Phi) is 9.83. The summed E-state index contributed by atoms with van der Waals surface area (Å²) < 4.78 is 25.1. The molecule has 0 spiro atoms. The maximum Gasteiger partial charge on any atom is 0.203 e. The molecule has 158 valence electrons. The molecule has 0 amide bonds. The van der Waals surface area contributed by atoms with Gasteiger partial charge >= 0.3 is 0 Å². The van der Waals surface area contributed by atoms with E-state index in [1.54, 1.807) is 12.1 Å². The van der Waals surface area contributed by atoms with Crippen molar-refractivity contribution in [1.29, 1.82) is 0 Å². The van der Waals surface area contributed by atoms with E-state index in [1.807, 2.05) is 0 Å². The van der Waals surface area contributed by atoms with E-state index in [2.05, 4.69) is 0 Å². The van der Waals surface area contributed by atoms with Gasteiger partial charge in [-0.15, -0.1) is 0 Å². The van der Waals surface area contributed by atoms with Gasteiger partial charge in [-0.05, 0) is 24.3 Å². The number of aliphatic hydroxyl groups excluding tert-OH is 1. The number of rotatable bonds is 9. The Morgan fingerprint density at radius 2 is 1.14 bits per heavy atom. The average molecular weight is 408 g/mol. The van der Waals surface area contributed by atoms with Crippen LogP contribution in [0, 0.1) is 0 Å². The molecule has 2 N–H and O–H groups in total. The zero-order valence-electron chi connectivity index (χ0n) is 16.6. The summed E-state index contributed by atoms with van der Waals surface area (Å²) in [7, 11) is 5.75. The highest BCUT2D eigenvalue weighted by molar-refractivity contribution is 5.79. The summed E-state index contributed by atoms with van der Waals surface area (Å²) in [5.74, 6) is 1.52. The number of phenolic OH excluding ortho intramolecular Hbond substituents is 1. The second-order valence-corrected chi connectivity index (χ2v) is 5.34. The molecule has 2 aromatic carbocycles. The van der Waals surface area contributed by atoms with Crippen molar-refractivity contribution >= 4 is 12.6 Å². The van der Waals surface area contributed by atoms with Crippen molar-refractivity contribution in [2.45, 2.75) is 0 Å². The Morgan fingerprint density at radius 3 is 1.45 bits per heavy atom. The average Bonchev–Trinajstić information content (AvgIpc) is 2.77. The van der Waals surface area contributed by atoms with Crippen molar-refractivity contribution < 1.29 is 43.5 Å². The minimum Gasteiger partial charge on any atom is -0.502 e. The van der Waals surface area contributed by atoms with Gasteiger partial charge in [0.25, 0.3) is 0 Å². The highest BCUT2D eigenvalue weighted by Gasteiger charge is 2.13. The zero-order chi connectivity index (χ0) is 21.8. The van der Waals surface area contributed by atoms with Crippen molar-refractivity contribution in [2.75, 3.05) is 41.7 Å². The third-order valence-corrected chi connectivity index (χ3v) is 3.59. The monoisotopic (exact) mass is 408 g/mol. The van der Waals surface area contributed by atoms with Gasteiger partial charge < -0.3 is 33.9 Å². The summed E-state index contributed by atoms with van der Waals surface area (Å²) in [6.45, 7) is 0.0227. The first-order valence-corrected chi connectivity index (χ1v) is 8.34. The molecule has 2 aromatic rings. The molecule has 0 radical (unpaired) electrons. The number of benzene rings is 2. The molecule has 0 aliphatic heterocycles. The van der Waals surface area contributed by atoms with E-state index < -0.39 is 0 Å². The molecule has 0 unspecified atom stereocenters. The maximum absolute atomic E-state index is 10.7. The Balaban J connectivity index is 0.000000296. The lowest BCUT2D eigenvalue weighted by Gasteiger charge is -2.14. The Hall–Kier alpha value is -3.46. The number of carbonyl (C=O) groups excluding carboxylic acids is 2. The van der Waals surface area contributed by atoms with Crippen LogP contribution in [0.3, 0.4) is 0 Å². The summed E-state index contributed by atoms with van der Waals surface area (Å²) in [6, 6.07) is 5.96. The fourth-order valence-electron chi connectivity index (χ4n) is 2.24. The topological polar surface area (TPSA) is 121 Å². The lowest BCUT2D eigenvalue weighted by Crippen LogP contribution is -2.05. The molecular weight excluding hydrogens is 384 g/mol. The van der Waals surface area contributed by atoms with Crippen molar-refractivity contribution in [1.82, 2.24) is 0 Å². The molecule has 9 heteroatoms. The van der Waals surface area contributed by atoms with Crippen LogP contribution in [-0.4, -0.2) is 64.4 Å². The minimum absolute atomic E-state index is 0.101. The fraction of sp³-hybridized carbons (Fsp3) is 0.300. The van der Waals surface area contributed by atoms with Crippen LogP contribution in [0.2, 0.25) is 0 Å². The van der Waals surface area contributed by atoms with Crippen LogP contribution in [0.15, 0.2) is 24.3 Å². The number of phenols is 1. The summed E-state index contributed by atoms with van der Waals surface area (Å²) in [5.41, 5.74) is 0.830. The van der Waals surface area contributed by atoms with E-state index in [0.717, 1.165) is 0 Å². The molecule has 0 atom stereocenters. The van der Waals surface area contributed by atoms with E-state index in [0.29, 0.717) is 40.9 Å². The fourth-order valence-corrected chi connectivity index (χ4v) is 2.24. The summed E-state index contributed by atoms with van der Waals surface area (Å²) >= 11 is 0. The first-order chi connectivity index (χ1) is 14.0. The normalized spacial score (nSPS) is 9.55. The van der Waals surface area contributed by atoms with Gasteiger partial charge in [0, 0.05) is 11.1 Å². The summed E-state index contributed by atoms with van der Waals surface area (Å²) in [4.78, 5) is 21.1. The van der Waals surface area contributed by atoms with E-state index >= 15 is 0 Å². The van der Waals surface area contributed by atoms with Crippen molar-refractivity contribution in [3.8, 4) is 34.5 Å². The Bertz CT molecular complexity index is 768. The van der Waals surface area contributed by atoms with Crippen LogP contribution >= 0.6 is 0 Å². The van der Waals surface area contributed by atoms with Crippen LogP contribution in [0.5, 0.6) is 34.5 Å². The van der Waals surface area contributed by atoms with Crippen molar-refractivity contribution in [2.24, 2.45) is 0 Å². The molecule has 0 saturated carbocycles. The van der Waals surface area contributed by atoms with Crippen molar-refractivity contribution in [3.05, 3.63) is 35.4 Å². The minimum atomic E-state index is -0.109. The van der Waals surface area contributed by atoms with Crippen molar-refractivity contribution in [3.63, 3.8) is 0 Å². The number of ether oxygens (including phenoxy) is 5. The lowest BCUT2D eigenvalue weighted by molar-refractivity contribution is 0.111. The smallest absolute Gasteiger partial charge is 0.203 e.